The summed E-state index contributed by atoms with van der Waals surface area (Å²) in [7, 11) is 0. The molecule has 0 atom stereocenters. The smallest absolute Gasteiger partial charge is 0.138 e. The van der Waals surface area contributed by atoms with Gasteiger partial charge in [-0.3, -0.25) is 0 Å². The molecule has 1 heteroatoms. The Hall–Kier alpha value is -1.76. The molecule has 0 aromatic heterocycles. The highest BCUT2D eigenvalue weighted by atomic mass is 16.5. The maximum Gasteiger partial charge on any atom is 0.138 e. The average Bonchev–Trinajstić information content (AvgIpc) is 2.23. The van der Waals surface area contributed by atoms with E-state index in [-0.39, 0.29) is 0 Å². The average molecular weight is 183 g/mol. The number of para-hydroxylation sites is 2. The molecule has 0 heterocycles. The standard InChI is InChI=1S/C13H11O/c1-11-7-5-6-10-13(11)14-12-8-3-2-4-9-12/h2-9H,1H3. The molecule has 14 heavy (non-hydrogen) atoms. The highest BCUT2D eigenvalue weighted by Crippen LogP contribution is 2.23. The third-order valence-electron chi connectivity index (χ3n) is 1.98. The van der Waals surface area contributed by atoms with Crippen LogP contribution in [0.4, 0.5) is 0 Å². The van der Waals surface area contributed by atoms with Crippen molar-refractivity contribution in [1.29, 1.82) is 0 Å². The molecular formula is C13H11O. The van der Waals surface area contributed by atoms with Crippen LogP contribution in [0.5, 0.6) is 11.5 Å². The van der Waals surface area contributed by atoms with Gasteiger partial charge in [-0.2, -0.15) is 0 Å². The maximum atomic E-state index is 5.65. The van der Waals surface area contributed by atoms with Gasteiger partial charge in [0, 0.05) is 6.07 Å². The van der Waals surface area contributed by atoms with Gasteiger partial charge in [-0.1, -0.05) is 36.4 Å². The summed E-state index contributed by atoms with van der Waals surface area (Å²) in [6.45, 7) is 2.01. The van der Waals surface area contributed by atoms with Crippen LogP contribution in [0.1, 0.15) is 5.56 Å². The maximum absolute atomic E-state index is 5.65. The summed E-state index contributed by atoms with van der Waals surface area (Å²) in [5.41, 5.74) is 1.09. The van der Waals surface area contributed by atoms with Gasteiger partial charge < -0.3 is 4.74 Å². The molecule has 0 bridgehead atoms. The minimum atomic E-state index is 0.790. The molecule has 2 aromatic carbocycles. The second kappa shape index (κ2) is 3.97. The van der Waals surface area contributed by atoms with Crippen LogP contribution in [-0.2, 0) is 0 Å². The lowest BCUT2D eigenvalue weighted by Crippen LogP contribution is -1.86. The van der Waals surface area contributed by atoms with Gasteiger partial charge in [0.15, 0.2) is 0 Å². The second-order valence-electron chi connectivity index (χ2n) is 3.10. The third-order valence-corrected chi connectivity index (χ3v) is 1.98. The van der Waals surface area contributed by atoms with Crippen LogP contribution in [0.15, 0.2) is 48.5 Å². The SMILES string of the molecule is Cc1ccc[c]c1Oc1ccccc1. The van der Waals surface area contributed by atoms with Crippen LogP contribution in [0.25, 0.3) is 0 Å². The Morgan fingerprint density at radius 2 is 1.79 bits per heavy atom. The van der Waals surface area contributed by atoms with E-state index in [1.807, 2.05) is 55.5 Å². The molecular weight excluding hydrogens is 172 g/mol. The fourth-order valence-electron chi connectivity index (χ4n) is 1.22. The summed E-state index contributed by atoms with van der Waals surface area (Å²) >= 11 is 0. The number of aryl methyl sites for hydroxylation is 1. The van der Waals surface area contributed by atoms with Crippen molar-refractivity contribution < 1.29 is 4.74 Å². The summed E-state index contributed by atoms with van der Waals surface area (Å²) < 4.78 is 5.65. The molecule has 0 aliphatic carbocycles. The van der Waals surface area contributed by atoms with Gasteiger partial charge in [0.25, 0.3) is 0 Å². The van der Waals surface area contributed by atoms with Crippen LogP contribution in [-0.4, -0.2) is 0 Å². The zero-order valence-corrected chi connectivity index (χ0v) is 8.03. The zero-order valence-electron chi connectivity index (χ0n) is 8.03. The van der Waals surface area contributed by atoms with Gasteiger partial charge >= 0.3 is 0 Å². The lowest BCUT2D eigenvalue weighted by atomic mass is 10.2. The summed E-state index contributed by atoms with van der Waals surface area (Å²) in [5.74, 6) is 1.64. The number of benzene rings is 2. The van der Waals surface area contributed by atoms with Crippen molar-refractivity contribution in [3.05, 3.63) is 60.2 Å². The van der Waals surface area contributed by atoms with E-state index in [1.54, 1.807) is 0 Å². The second-order valence-corrected chi connectivity index (χ2v) is 3.10. The zero-order chi connectivity index (χ0) is 9.80. The van der Waals surface area contributed by atoms with Crippen LogP contribution < -0.4 is 4.74 Å². The van der Waals surface area contributed by atoms with Gasteiger partial charge in [-0.15, -0.1) is 0 Å². The molecule has 0 fully saturated rings. The number of rotatable bonds is 2. The molecule has 69 valence electrons. The highest BCUT2D eigenvalue weighted by molar-refractivity contribution is 5.35. The van der Waals surface area contributed by atoms with Gasteiger partial charge in [-0.25, -0.2) is 0 Å². The van der Waals surface area contributed by atoms with Gasteiger partial charge in [0.05, 0.1) is 0 Å². The summed E-state index contributed by atoms with van der Waals surface area (Å²) in [6.07, 6.45) is 0. The first-order valence-corrected chi connectivity index (χ1v) is 4.56. The number of hydrogen-bond acceptors (Lipinski definition) is 1. The molecule has 0 aliphatic heterocycles. The molecule has 0 amide bonds. The van der Waals surface area contributed by atoms with Gasteiger partial charge in [-0.05, 0) is 24.6 Å². The molecule has 1 nitrogen and oxygen atoms in total. The minimum Gasteiger partial charge on any atom is -0.456 e. The van der Waals surface area contributed by atoms with Crippen molar-refractivity contribution in [2.45, 2.75) is 6.92 Å². The Bertz CT molecular complexity index is 407. The fourth-order valence-corrected chi connectivity index (χ4v) is 1.22. The monoisotopic (exact) mass is 183 g/mol. The predicted molar refractivity (Wildman–Crippen MR) is 56.5 cm³/mol. The Morgan fingerprint density at radius 1 is 1.00 bits per heavy atom. The van der Waals surface area contributed by atoms with Crippen molar-refractivity contribution >= 4 is 0 Å². The van der Waals surface area contributed by atoms with E-state index in [9.17, 15) is 0 Å². The van der Waals surface area contributed by atoms with Gasteiger partial charge in [0.2, 0.25) is 0 Å². The minimum absolute atomic E-state index is 0.790. The largest absolute Gasteiger partial charge is 0.456 e. The fraction of sp³-hybridized carbons (Fsp3) is 0.0769. The Labute approximate surface area is 84.0 Å². The Kier molecular flexibility index (Phi) is 2.50. The molecule has 2 rings (SSSR count). The van der Waals surface area contributed by atoms with Crippen molar-refractivity contribution in [1.82, 2.24) is 0 Å². The van der Waals surface area contributed by atoms with Crippen LogP contribution in [0, 0.1) is 13.0 Å². The van der Waals surface area contributed by atoms with Crippen LogP contribution in [0.3, 0.4) is 0 Å². The van der Waals surface area contributed by atoms with E-state index in [0.717, 1.165) is 17.1 Å². The van der Waals surface area contributed by atoms with Crippen molar-refractivity contribution in [3.8, 4) is 11.5 Å². The third kappa shape index (κ3) is 1.94. The lowest BCUT2D eigenvalue weighted by Gasteiger charge is -2.06. The van der Waals surface area contributed by atoms with Crippen molar-refractivity contribution in [2.75, 3.05) is 0 Å². The van der Waals surface area contributed by atoms with Crippen molar-refractivity contribution in [3.63, 3.8) is 0 Å². The topological polar surface area (TPSA) is 9.23 Å². The molecule has 0 saturated carbocycles. The Balaban J connectivity index is 2.24. The molecule has 0 saturated heterocycles. The molecule has 1 radical (unpaired) electrons. The van der Waals surface area contributed by atoms with Gasteiger partial charge in [0.1, 0.15) is 11.5 Å². The van der Waals surface area contributed by atoms with E-state index < -0.39 is 0 Å². The number of ether oxygens (including phenoxy) is 1. The van der Waals surface area contributed by atoms with Crippen LogP contribution >= 0.6 is 0 Å². The first-order valence-electron chi connectivity index (χ1n) is 4.56. The van der Waals surface area contributed by atoms with E-state index in [2.05, 4.69) is 6.07 Å². The normalized spacial score (nSPS) is 9.79. The summed E-state index contributed by atoms with van der Waals surface area (Å²) in [6, 6.07) is 18.6. The predicted octanol–water partition coefficient (Wildman–Crippen LogP) is 3.59. The molecule has 0 N–H and O–H groups in total. The summed E-state index contributed by atoms with van der Waals surface area (Å²) in [5, 5.41) is 0. The molecule has 0 unspecified atom stereocenters. The molecule has 0 spiro atoms. The highest BCUT2D eigenvalue weighted by Gasteiger charge is 1.98. The molecule has 2 aromatic rings. The van der Waals surface area contributed by atoms with E-state index in [0.29, 0.717) is 0 Å². The van der Waals surface area contributed by atoms with Crippen LogP contribution in [0.2, 0.25) is 0 Å². The first kappa shape index (κ1) is 8.82. The lowest BCUT2D eigenvalue weighted by molar-refractivity contribution is 0.478. The quantitative estimate of drug-likeness (QED) is 0.691. The van der Waals surface area contributed by atoms with E-state index in [1.165, 1.54) is 0 Å². The first-order chi connectivity index (χ1) is 6.86. The van der Waals surface area contributed by atoms with E-state index in [4.69, 9.17) is 4.74 Å². The summed E-state index contributed by atoms with van der Waals surface area (Å²) in [4.78, 5) is 0. The van der Waals surface area contributed by atoms with E-state index >= 15 is 0 Å². The van der Waals surface area contributed by atoms with Crippen molar-refractivity contribution in [2.24, 2.45) is 0 Å². The Morgan fingerprint density at radius 3 is 2.50 bits per heavy atom. The number of hydrogen-bond donors (Lipinski definition) is 0. The molecule has 0 aliphatic rings.